The van der Waals surface area contributed by atoms with Gasteiger partial charge in [-0.25, -0.2) is 0 Å². The van der Waals surface area contributed by atoms with E-state index < -0.39 is 19.0 Å². The normalized spacial score (nSPS) is 6.75. The van der Waals surface area contributed by atoms with Crippen molar-refractivity contribution in [3.05, 3.63) is 0 Å². The summed E-state index contributed by atoms with van der Waals surface area (Å²) in [5.41, 5.74) is 0. The Morgan fingerprint density at radius 1 is 1.00 bits per heavy atom. The zero-order valence-corrected chi connectivity index (χ0v) is 8.15. The molecule has 0 amide bonds. The first-order valence-corrected chi connectivity index (χ1v) is 16.1. The third-order valence-electron chi connectivity index (χ3n) is 0. The average Bonchev–Trinajstić information content (AvgIpc) is 0.811. The van der Waals surface area contributed by atoms with Crippen LogP contribution in [0.3, 0.4) is 0 Å². The molecule has 0 heterocycles. The van der Waals surface area contributed by atoms with Crippen LogP contribution in [0.2, 0.25) is 0 Å². The molecule has 0 fully saturated rings. The van der Waals surface area contributed by atoms with Crippen molar-refractivity contribution in [2.75, 3.05) is 0 Å². The molecule has 0 aromatic rings. The van der Waals surface area contributed by atoms with E-state index in [-0.39, 0.29) is 0 Å². The third kappa shape index (κ3) is 9.20. The summed E-state index contributed by atoms with van der Waals surface area (Å²) in [6.07, 6.45) is 0. The molecule has 0 atom stereocenters. The molecular weight excluding hydrogens is 219 g/mol. The predicted molar refractivity (Wildman–Crippen MR) is 17.6 cm³/mol. The average molecular weight is 219 g/mol. The monoisotopic (exact) mass is 219 g/mol. The van der Waals surface area contributed by atoms with Crippen molar-refractivity contribution in [2.45, 2.75) is 0 Å². The summed E-state index contributed by atoms with van der Waals surface area (Å²) >= 11 is -2.31. The summed E-state index contributed by atoms with van der Waals surface area (Å²) < 4.78 is 0. The van der Waals surface area contributed by atoms with Gasteiger partial charge in [-0.1, -0.05) is 0 Å². The molecule has 0 bridgehead atoms. The van der Waals surface area contributed by atoms with Crippen LogP contribution >= 0.6 is 24.9 Å². The minimum absolute atomic E-state index is 2.31. The summed E-state index contributed by atoms with van der Waals surface area (Å²) in [6.45, 7) is 0. The minimum atomic E-state index is -2.31. The van der Waals surface area contributed by atoms with Gasteiger partial charge in [0.05, 0.1) is 0 Å². The Kier molecular flexibility index (Phi) is 4.35. The number of rotatable bonds is 0. The molecule has 0 saturated heterocycles. The van der Waals surface area contributed by atoms with Crippen LogP contribution in [0.25, 0.3) is 0 Å². The van der Waals surface area contributed by atoms with Crippen molar-refractivity contribution in [2.24, 2.45) is 0 Å². The van der Waals surface area contributed by atoms with Gasteiger partial charge in [0.1, 0.15) is 0 Å². The number of hydrogen-bond donors (Lipinski definition) is 0. The zero-order chi connectivity index (χ0) is 3.58. The van der Waals surface area contributed by atoms with Crippen molar-refractivity contribution in [1.29, 1.82) is 0 Å². The fraction of sp³-hybridized carbons (Fsp3) is 0. The maximum absolute atomic E-state index is 5.03. The first-order valence-electron chi connectivity index (χ1n) is 0.802. The second-order valence-electron chi connectivity index (χ2n) is 0.303. The molecule has 0 spiro atoms. The molecule has 0 rings (SSSR count). The first kappa shape index (κ1) is 5.79. The van der Waals surface area contributed by atoms with E-state index in [2.05, 4.69) is 0 Å². The van der Waals surface area contributed by atoms with E-state index in [1.54, 1.807) is 0 Å². The van der Waals surface area contributed by atoms with Crippen LogP contribution in [0.4, 0.5) is 0 Å². The van der Waals surface area contributed by atoms with Gasteiger partial charge < -0.3 is 0 Å². The molecule has 0 aliphatic rings. The Balaban J connectivity index is 2.32. The van der Waals surface area contributed by atoms with Gasteiger partial charge in [-0.15, -0.1) is 0 Å². The van der Waals surface area contributed by atoms with Crippen molar-refractivity contribution < 1.29 is 19.0 Å². The van der Waals surface area contributed by atoms with Crippen molar-refractivity contribution in [1.82, 2.24) is 0 Å². The maximum atomic E-state index is 5.03. The van der Waals surface area contributed by atoms with Gasteiger partial charge in [0, 0.05) is 0 Å². The van der Waals surface area contributed by atoms with Crippen molar-refractivity contribution in [3.8, 4) is 0 Å². The Morgan fingerprint density at radius 2 is 1.00 bits per heavy atom. The van der Waals surface area contributed by atoms with Crippen molar-refractivity contribution >= 4 is 24.9 Å². The molecule has 0 aliphatic heterocycles. The van der Waals surface area contributed by atoms with Gasteiger partial charge in [-0.3, -0.25) is 0 Å². The second-order valence-corrected chi connectivity index (χ2v) is 18.3. The quantitative estimate of drug-likeness (QED) is 0.547. The first-order chi connectivity index (χ1) is 1.73. The number of hydrogen-bond acceptors (Lipinski definition) is 0. The van der Waals surface area contributed by atoms with Gasteiger partial charge in [0.2, 0.25) is 0 Å². The third-order valence-corrected chi connectivity index (χ3v) is 0. The Labute approximate surface area is 43.6 Å². The molecule has 0 unspecified atom stereocenters. The molecule has 23 valence electrons. The zero-order valence-electron chi connectivity index (χ0n) is 1.84. The van der Waals surface area contributed by atoms with Gasteiger partial charge in [0.25, 0.3) is 0 Å². The summed E-state index contributed by atoms with van der Waals surface area (Å²) in [4.78, 5) is 0. The fourth-order valence-corrected chi connectivity index (χ4v) is 0. The van der Waals surface area contributed by atoms with Crippen LogP contribution in [-0.2, 0) is 19.0 Å². The Bertz CT molecular complexity index is 8.00. The molecule has 4 heavy (non-hydrogen) atoms. The molecule has 4 heteroatoms. The second kappa shape index (κ2) is 3.00. The summed E-state index contributed by atoms with van der Waals surface area (Å²) in [6, 6.07) is 0. The molecule has 0 aliphatic carbocycles. The van der Waals surface area contributed by atoms with Crippen LogP contribution in [0.1, 0.15) is 0 Å². The van der Waals surface area contributed by atoms with Crippen LogP contribution < -0.4 is 0 Å². The van der Waals surface area contributed by atoms with E-state index in [1.165, 1.54) is 0 Å². The van der Waals surface area contributed by atoms with Crippen LogP contribution in [-0.4, -0.2) is 0 Å². The topological polar surface area (TPSA) is 0 Å². The van der Waals surface area contributed by atoms with Crippen molar-refractivity contribution in [3.63, 3.8) is 0 Å². The molecule has 0 radical (unpaired) electrons. The molecule has 0 saturated carbocycles. The van der Waals surface area contributed by atoms with Gasteiger partial charge in [-0.05, 0) is 0 Å². The van der Waals surface area contributed by atoms with Gasteiger partial charge in [-0.2, -0.15) is 0 Å². The van der Waals surface area contributed by atoms with E-state index >= 15 is 0 Å². The van der Waals surface area contributed by atoms with Crippen LogP contribution in [0, 0.1) is 0 Å². The van der Waals surface area contributed by atoms with E-state index in [4.69, 9.17) is 24.9 Å². The van der Waals surface area contributed by atoms with Crippen LogP contribution in [0.5, 0.6) is 0 Å². The standard InChI is InChI=1S/Cd.3ClH/h;3*1H/q+3;;;/p-3. The molecular formula is CdCl3. The predicted octanol–water partition coefficient (Wildman–Crippen LogP) is 2.07. The van der Waals surface area contributed by atoms with E-state index in [9.17, 15) is 0 Å². The molecule has 0 aromatic carbocycles. The molecule has 0 N–H and O–H groups in total. The summed E-state index contributed by atoms with van der Waals surface area (Å²) in [7, 11) is 15.1. The van der Waals surface area contributed by atoms with Gasteiger partial charge >= 0.3 is 44.0 Å². The summed E-state index contributed by atoms with van der Waals surface area (Å²) in [5.74, 6) is 0. The molecule has 0 nitrogen and oxygen atoms in total. The van der Waals surface area contributed by atoms with E-state index in [1.807, 2.05) is 0 Å². The fourth-order valence-electron chi connectivity index (χ4n) is 0. The van der Waals surface area contributed by atoms with E-state index in [0.29, 0.717) is 0 Å². The Morgan fingerprint density at radius 3 is 1.00 bits per heavy atom. The summed E-state index contributed by atoms with van der Waals surface area (Å²) in [5, 5.41) is 0. The SMILES string of the molecule is [Cl][Cd]([Cl])[Cl]. The number of halogens is 3. The Hall–Kier alpha value is 1.79. The van der Waals surface area contributed by atoms with E-state index in [0.717, 1.165) is 0 Å². The van der Waals surface area contributed by atoms with Crippen LogP contribution in [0.15, 0.2) is 0 Å². The molecule has 0 aromatic heterocycles. The van der Waals surface area contributed by atoms with Gasteiger partial charge in [0.15, 0.2) is 0 Å².